The van der Waals surface area contributed by atoms with E-state index in [4.69, 9.17) is 0 Å². The molecule has 2 rings (SSSR count). The summed E-state index contributed by atoms with van der Waals surface area (Å²) in [7, 11) is 0. The maximum atomic E-state index is 14.7. The van der Waals surface area contributed by atoms with Crippen LogP contribution in [0.3, 0.4) is 0 Å². The monoisotopic (exact) mass is 491 g/mol. The zero-order chi connectivity index (χ0) is 22.6. The van der Waals surface area contributed by atoms with Gasteiger partial charge in [-0.15, -0.1) is 13.2 Å². The molecule has 4 nitrogen and oxygen atoms in total. The topological polar surface area (TPSA) is 46.2 Å². The molecule has 1 amide bonds. The van der Waals surface area contributed by atoms with Crippen molar-refractivity contribution in [3.05, 3.63) is 28.7 Å². The first-order valence-electron chi connectivity index (χ1n) is 9.52. The van der Waals surface area contributed by atoms with Crippen molar-refractivity contribution in [2.45, 2.75) is 63.6 Å². The van der Waals surface area contributed by atoms with Crippen LogP contribution in [-0.2, 0) is 9.59 Å². The molecule has 0 saturated carbocycles. The first kappa shape index (κ1) is 24.4. The van der Waals surface area contributed by atoms with Gasteiger partial charge < -0.3 is 10.1 Å². The Morgan fingerprint density at radius 1 is 1.20 bits per heavy atom. The van der Waals surface area contributed by atoms with Gasteiger partial charge >= 0.3 is 6.30 Å². The fourth-order valence-corrected chi connectivity index (χ4v) is 3.81. The lowest BCUT2D eigenvalue weighted by Crippen LogP contribution is -2.70. The van der Waals surface area contributed by atoms with Crippen LogP contribution < -0.4 is 9.80 Å². The average molecular weight is 492 g/mol. The number of hydrogen-bond acceptors (Lipinski definition) is 2. The summed E-state index contributed by atoms with van der Waals surface area (Å²) >= 11 is 3.20. The van der Waals surface area contributed by atoms with Gasteiger partial charge in [-0.3, -0.25) is 4.79 Å². The molecule has 3 unspecified atom stereocenters. The highest BCUT2D eigenvalue weighted by molar-refractivity contribution is 9.10. The van der Waals surface area contributed by atoms with Crippen LogP contribution in [0.1, 0.15) is 39.5 Å². The second kappa shape index (κ2) is 9.48. The fraction of sp³-hybridized carbons (Fsp3) is 0.524. The summed E-state index contributed by atoms with van der Waals surface area (Å²) in [5.74, 6) is 4.25. The van der Waals surface area contributed by atoms with Gasteiger partial charge in [0.2, 0.25) is 0 Å². The van der Waals surface area contributed by atoms with E-state index in [0.717, 1.165) is 13.8 Å². The highest BCUT2D eigenvalue weighted by Gasteiger charge is 2.63. The van der Waals surface area contributed by atoms with E-state index < -0.39 is 47.4 Å². The lowest BCUT2D eigenvalue weighted by atomic mass is 9.95. The van der Waals surface area contributed by atoms with Crippen molar-refractivity contribution in [1.82, 2.24) is 9.80 Å². The molecular formula is C21H24BrF4N2O2+. The molecule has 164 valence electrons. The first-order valence-corrected chi connectivity index (χ1v) is 10.3. The number of nitrogens with one attached hydrogen (secondary N) is 1. The molecule has 1 aliphatic rings. The number of halogens is 5. The molecule has 0 bridgehead atoms. The Bertz CT molecular complexity index is 825. The van der Waals surface area contributed by atoms with E-state index in [1.54, 1.807) is 0 Å². The Morgan fingerprint density at radius 3 is 2.37 bits per heavy atom. The molecule has 1 aromatic rings. The summed E-state index contributed by atoms with van der Waals surface area (Å²) in [6, 6.07) is 2.54. The van der Waals surface area contributed by atoms with E-state index in [2.05, 4.69) is 33.1 Å². The van der Waals surface area contributed by atoms with Crippen molar-refractivity contribution in [2.75, 3.05) is 6.54 Å². The van der Waals surface area contributed by atoms with Gasteiger partial charge in [-0.2, -0.15) is 4.48 Å². The summed E-state index contributed by atoms with van der Waals surface area (Å²) in [5.41, 5.74) is -2.30. The number of benzene rings is 1. The molecule has 0 saturated heterocycles. The largest absolute Gasteiger partial charge is 0.567 e. The maximum Gasteiger partial charge on any atom is 0.567 e. The Hall–Kier alpha value is -1.92. The average Bonchev–Trinajstić information content (AvgIpc) is 2.66. The Morgan fingerprint density at radius 2 is 1.83 bits per heavy atom. The van der Waals surface area contributed by atoms with Crippen LogP contribution in [0.5, 0.6) is 0 Å². The van der Waals surface area contributed by atoms with Crippen LogP contribution in [0.2, 0.25) is 0 Å². The summed E-state index contributed by atoms with van der Waals surface area (Å²) in [5, 5.41) is 2.39. The molecule has 0 aliphatic carbocycles. The van der Waals surface area contributed by atoms with Crippen molar-refractivity contribution < 1.29 is 27.2 Å². The lowest BCUT2D eigenvalue weighted by molar-refractivity contribution is -0.248. The van der Waals surface area contributed by atoms with E-state index >= 15 is 0 Å². The molecule has 30 heavy (non-hydrogen) atoms. The molecule has 3 atom stereocenters. The van der Waals surface area contributed by atoms with Crippen molar-refractivity contribution in [1.29, 1.82) is 0 Å². The number of alkyl halides is 4. The number of nitrogens with zero attached hydrogens (tertiary/aromatic N) is 1. The quantitative estimate of drug-likeness (QED) is 0.219. The van der Waals surface area contributed by atoms with E-state index in [0.29, 0.717) is 17.2 Å². The number of carbonyl (C=O) groups is 2. The highest BCUT2D eigenvalue weighted by atomic mass is 79.9. The van der Waals surface area contributed by atoms with Crippen LogP contribution in [0.4, 0.5) is 23.2 Å². The van der Waals surface area contributed by atoms with E-state index in [1.165, 1.54) is 24.3 Å². The van der Waals surface area contributed by atoms with Gasteiger partial charge in [0, 0.05) is 29.4 Å². The standard InChI is InChI=1S/C21H23BrF4N2O2/c1-20(2,23)13-18-19(30)27-16(14-29)7-5-3-4-6-12-28(18,21(24,25)26)17-10-8-15(22)9-11-17/h8-11,14,16,18H,3,5,7,12-13H2,1-2H3/p+1. The number of quaternary nitrogens is 1. The van der Waals surface area contributed by atoms with Gasteiger partial charge in [0.05, 0.1) is 6.04 Å². The summed E-state index contributed by atoms with van der Waals surface area (Å²) in [6.45, 7) is 1.51. The third kappa shape index (κ3) is 5.61. The number of aldehydes is 1. The van der Waals surface area contributed by atoms with Crippen molar-refractivity contribution in [3.63, 3.8) is 0 Å². The molecule has 9 heteroatoms. The van der Waals surface area contributed by atoms with Gasteiger partial charge in [0.1, 0.15) is 17.6 Å². The normalized spacial score (nSPS) is 26.0. The number of hydrogen-bond donors (Lipinski definition) is 1. The van der Waals surface area contributed by atoms with Crippen molar-refractivity contribution >= 4 is 33.8 Å². The fourth-order valence-electron chi connectivity index (χ4n) is 3.54. The molecule has 0 spiro atoms. The van der Waals surface area contributed by atoms with Gasteiger partial charge in [-0.05, 0) is 44.7 Å². The SMILES string of the molecule is CC(C)(F)CC1C(=O)NC(C=O)CCCC#CC[N+]1(c1ccc(Br)cc1)C(F)(F)F. The highest BCUT2D eigenvalue weighted by Crippen LogP contribution is 2.42. The first-order chi connectivity index (χ1) is 13.9. The lowest BCUT2D eigenvalue weighted by Gasteiger charge is -2.43. The number of amides is 1. The molecule has 1 heterocycles. The summed E-state index contributed by atoms with van der Waals surface area (Å²) in [6.07, 6.45) is -4.19. The minimum absolute atomic E-state index is 0.230. The van der Waals surface area contributed by atoms with E-state index in [-0.39, 0.29) is 18.5 Å². The molecule has 1 N–H and O–H groups in total. The smallest absolute Gasteiger partial charge is 0.341 e. The summed E-state index contributed by atoms with van der Waals surface area (Å²) < 4.78 is 57.6. The third-order valence-corrected chi connectivity index (χ3v) is 5.54. The number of carbonyl (C=O) groups excluding carboxylic acids is 2. The van der Waals surface area contributed by atoms with Gasteiger partial charge in [0.15, 0.2) is 12.6 Å². The van der Waals surface area contributed by atoms with Gasteiger partial charge in [-0.25, -0.2) is 4.39 Å². The predicted octanol–water partition coefficient (Wildman–Crippen LogP) is 4.65. The molecular weight excluding hydrogens is 468 g/mol. The minimum atomic E-state index is -4.96. The van der Waals surface area contributed by atoms with Crippen LogP contribution in [0, 0.1) is 11.8 Å². The molecule has 1 aromatic carbocycles. The molecule has 0 fully saturated rings. The maximum absolute atomic E-state index is 14.7. The third-order valence-electron chi connectivity index (χ3n) is 5.02. The predicted molar refractivity (Wildman–Crippen MR) is 110 cm³/mol. The van der Waals surface area contributed by atoms with Crippen molar-refractivity contribution in [2.24, 2.45) is 0 Å². The zero-order valence-corrected chi connectivity index (χ0v) is 18.3. The van der Waals surface area contributed by atoms with Crippen LogP contribution >= 0.6 is 15.9 Å². The molecule has 0 aromatic heterocycles. The van der Waals surface area contributed by atoms with Crippen LogP contribution in [0.25, 0.3) is 0 Å². The van der Waals surface area contributed by atoms with Crippen LogP contribution in [-0.4, -0.2) is 42.8 Å². The number of rotatable bonds is 4. The van der Waals surface area contributed by atoms with Gasteiger partial charge in [-0.1, -0.05) is 21.9 Å². The van der Waals surface area contributed by atoms with E-state index in [9.17, 15) is 27.2 Å². The Kier molecular flexibility index (Phi) is 7.69. The second-order valence-electron chi connectivity index (χ2n) is 7.91. The summed E-state index contributed by atoms with van der Waals surface area (Å²) in [4.78, 5) is 24.4. The zero-order valence-electron chi connectivity index (χ0n) is 16.7. The van der Waals surface area contributed by atoms with Gasteiger partial charge in [0.25, 0.3) is 5.91 Å². The van der Waals surface area contributed by atoms with Crippen LogP contribution in [0.15, 0.2) is 28.7 Å². The minimum Gasteiger partial charge on any atom is -0.341 e. The van der Waals surface area contributed by atoms with E-state index in [1.807, 2.05) is 0 Å². The molecule has 0 radical (unpaired) electrons. The second-order valence-corrected chi connectivity index (χ2v) is 8.82. The molecule has 1 aliphatic heterocycles. The Labute approximate surface area is 181 Å². The van der Waals surface area contributed by atoms with Crippen molar-refractivity contribution in [3.8, 4) is 11.8 Å². The Balaban J connectivity index is 2.77.